The molecule has 1 heterocycles. The van der Waals surface area contributed by atoms with E-state index in [2.05, 4.69) is 12.2 Å². The lowest BCUT2D eigenvalue weighted by atomic mass is 10.2. The number of amides is 1. The average Bonchev–Trinajstić information content (AvgIpc) is 2.72. The molecule has 1 aromatic carbocycles. The lowest BCUT2D eigenvalue weighted by Gasteiger charge is -2.06. The molecule has 0 unspecified atom stereocenters. The van der Waals surface area contributed by atoms with Crippen LogP contribution < -0.4 is 5.32 Å². The Bertz CT molecular complexity index is 548. The smallest absolute Gasteiger partial charge is 0.239 e. The molecule has 2 rings (SSSR count). The minimum atomic E-state index is -0.283. The van der Waals surface area contributed by atoms with E-state index in [0.717, 1.165) is 23.7 Å². The van der Waals surface area contributed by atoms with E-state index in [1.165, 1.54) is 12.1 Å². The highest BCUT2D eigenvalue weighted by molar-refractivity contribution is 5.83. The molecule has 3 nitrogen and oxygen atoms in total. The summed E-state index contributed by atoms with van der Waals surface area (Å²) in [5.74, 6) is -0.320. The van der Waals surface area contributed by atoms with Crippen molar-refractivity contribution in [3.63, 3.8) is 0 Å². The first kappa shape index (κ1) is 12.6. The van der Waals surface area contributed by atoms with Crippen molar-refractivity contribution in [3.05, 3.63) is 36.3 Å². The van der Waals surface area contributed by atoms with Crippen molar-refractivity contribution < 1.29 is 9.18 Å². The first-order chi connectivity index (χ1) is 8.70. The Kier molecular flexibility index (Phi) is 3.97. The van der Waals surface area contributed by atoms with E-state index in [0.29, 0.717) is 6.54 Å². The van der Waals surface area contributed by atoms with Crippen LogP contribution in [0.25, 0.3) is 10.9 Å². The Hall–Kier alpha value is -1.84. The van der Waals surface area contributed by atoms with Crippen molar-refractivity contribution in [2.75, 3.05) is 6.54 Å². The molecule has 1 amide bonds. The topological polar surface area (TPSA) is 34.0 Å². The van der Waals surface area contributed by atoms with Crippen LogP contribution in [0.5, 0.6) is 0 Å². The summed E-state index contributed by atoms with van der Waals surface area (Å²) in [4.78, 5) is 11.7. The number of carbonyl (C=O) groups is 1. The van der Waals surface area contributed by atoms with Gasteiger partial charge in [0.05, 0.1) is 5.52 Å². The Balaban J connectivity index is 2.07. The largest absolute Gasteiger partial charge is 0.355 e. The third kappa shape index (κ3) is 2.88. The second-order valence-electron chi connectivity index (χ2n) is 4.35. The molecule has 18 heavy (non-hydrogen) atoms. The number of halogens is 1. The molecule has 1 aromatic heterocycles. The standard InChI is InChI=1S/C14H17FN2O/c1-2-3-7-16-14(18)10-17-8-6-11-4-5-12(15)9-13(11)17/h4-6,8-9H,2-3,7,10H2,1H3,(H,16,18). The van der Waals surface area contributed by atoms with Crippen molar-refractivity contribution in [2.24, 2.45) is 0 Å². The van der Waals surface area contributed by atoms with Gasteiger partial charge in [0, 0.05) is 12.7 Å². The van der Waals surface area contributed by atoms with Gasteiger partial charge in [-0.3, -0.25) is 4.79 Å². The second kappa shape index (κ2) is 5.67. The maximum atomic E-state index is 13.2. The number of carbonyl (C=O) groups excluding carboxylic acids is 1. The minimum absolute atomic E-state index is 0.0368. The van der Waals surface area contributed by atoms with Gasteiger partial charge in [0.15, 0.2) is 0 Å². The van der Waals surface area contributed by atoms with Crippen LogP contribution in [0.2, 0.25) is 0 Å². The van der Waals surface area contributed by atoms with Gasteiger partial charge in [-0.2, -0.15) is 0 Å². The summed E-state index contributed by atoms with van der Waals surface area (Å²) >= 11 is 0. The second-order valence-corrected chi connectivity index (χ2v) is 4.35. The summed E-state index contributed by atoms with van der Waals surface area (Å²) < 4.78 is 14.9. The van der Waals surface area contributed by atoms with E-state index in [9.17, 15) is 9.18 Å². The third-order valence-corrected chi connectivity index (χ3v) is 2.90. The first-order valence-corrected chi connectivity index (χ1v) is 6.22. The quantitative estimate of drug-likeness (QED) is 0.811. The minimum Gasteiger partial charge on any atom is -0.355 e. The molecule has 0 aliphatic rings. The van der Waals surface area contributed by atoms with E-state index < -0.39 is 0 Å². The molecule has 0 aliphatic heterocycles. The Morgan fingerprint density at radius 2 is 2.22 bits per heavy atom. The fraction of sp³-hybridized carbons (Fsp3) is 0.357. The number of unbranched alkanes of at least 4 members (excludes halogenated alkanes) is 1. The van der Waals surface area contributed by atoms with Gasteiger partial charge in [-0.15, -0.1) is 0 Å². The Morgan fingerprint density at radius 3 is 3.00 bits per heavy atom. The molecule has 0 radical (unpaired) electrons. The van der Waals surface area contributed by atoms with Crippen LogP contribution in [0.15, 0.2) is 30.5 Å². The summed E-state index contributed by atoms with van der Waals surface area (Å²) in [5, 5.41) is 3.79. The number of nitrogens with one attached hydrogen (secondary N) is 1. The van der Waals surface area contributed by atoms with Crippen molar-refractivity contribution in [3.8, 4) is 0 Å². The molecule has 0 fully saturated rings. The summed E-state index contributed by atoms with van der Waals surface area (Å²) in [5.41, 5.74) is 0.751. The van der Waals surface area contributed by atoms with Gasteiger partial charge in [0.25, 0.3) is 0 Å². The number of fused-ring (bicyclic) bond motifs is 1. The van der Waals surface area contributed by atoms with Gasteiger partial charge < -0.3 is 9.88 Å². The monoisotopic (exact) mass is 248 g/mol. The van der Waals surface area contributed by atoms with Gasteiger partial charge in [-0.1, -0.05) is 13.3 Å². The Labute approximate surface area is 106 Å². The summed E-state index contributed by atoms with van der Waals surface area (Å²) in [6.45, 7) is 3.01. The molecule has 0 saturated heterocycles. The van der Waals surface area contributed by atoms with Crippen LogP contribution in [0.1, 0.15) is 19.8 Å². The van der Waals surface area contributed by atoms with Crippen LogP contribution in [-0.2, 0) is 11.3 Å². The summed E-state index contributed by atoms with van der Waals surface area (Å²) in [6, 6.07) is 6.48. The number of hydrogen-bond donors (Lipinski definition) is 1. The van der Waals surface area contributed by atoms with E-state index in [-0.39, 0.29) is 18.3 Å². The predicted octanol–water partition coefficient (Wildman–Crippen LogP) is 2.70. The van der Waals surface area contributed by atoms with Crippen molar-refractivity contribution >= 4 is 16.8 Å². The highest BCUT2D eigenvalue weighted by Crippen LogP contribution is 2.16. The Morgan fingerprint density at radius 1 is 1.39 bits per heavy atom. The lowest BCUT2D eigenvalue weighted by Crippen LogP contribution is -2.28. The highest BCUT2D eigenvalue weighted by atomic mass is 19.1. The first-order valence-electron chi connectivity index (χ1n) is 6.22. The maximum absolute atomic E-state index is 13.2. The third-order valence-electron chi connectivity index (χ3n) is 2.90. The van der Waals surface area contributed by atoms with Crippen molar-refractivity contribution in [1.29, 1.82) is 0 Å². The van der Waals surface area contributed by atoms with Crippen LogP contribution in [0, 0.1) is 5.82 Å². The average molecular weight is 248 g/mol. The highest BCUT2D eigenvalue weighted by Gasteiger charge is 2.06. The van der Waals surface area contributed by atoms with E-state index in [1.54, 1.807) is 10.6 Å². The molecule has 0 atom stereocenters. The van der Waals surface area contributed by atoms with Crippen LogP contribution in [0.3, 0.4) is 0 Å². The van der Waals surface area contributed by atoms with E-state index in [1.807, 2.05) is 12.3 Å². The zero-order valence-corrected chi connectivity index (χ0v) is 10.4. The SMILES string of the molecule is CCCCNC(=O)Cn1ccc2ccc(F)cc21. The van der Waals surface area contributed by atoms with Crippen molar-refractivity contribution in [1.82, 2.24) is 9.88 Å². The van der Waals surface area contributed by atoms with Crippen LogP contribution in [0.4, 0.5) is 4.39 Å². The zero-order valence-electron chi connectivity index (χ0n) is 10.4. The number of aromatic nitrogens is 1. The zero-order chi connectivity index (χ0) is 13.0. The number of hydrogen-bond acceptors (Lipinski definition) is 1. The molecule has 0 aliphatic carbocycles. The molecule has 0 bridgehead atoms. The number of rotatable bonds is 5. The molecular formula is C14H17FN2O. The number of benzene rings is 1. The molecule has 96 valence electrons. The van der Waals surface area contributed by atoms with Crippen molar-refractivity contribution in [2.45, 2.75) is 26.3 Å². The molecule has 2 aromatic rings. The summed E-state index contributed by atoms with van der Waals surface area (Å²) in [6.07, 6.45) is 3.84. The molecule has 0 spiro atoms. The fourth-order valence-electron chi connectivity index (χ4n) is 1.91. The summed E-state index contributed by atoms with van der Waals surface area (Å²) in [7, 11) is 0. The van der Waals surface area contributed by atoms with Gasteiger partial charge in [-0.05, 0) is 36.1 Å². The maximum Gasteiger partial charge on any atom is 0.239 e. The molecular weight excluding hydrogens is 231 g/mol. The fourth-order valence-corrected chi connectivity index (χ4v) is 1.91. The predicted molar refractivity (Wildman–Crippen MR) is 69.8 cm³/mol. The van der Waals surface area contributed by atoms with Gasteiger partial charge >= 0.3 is 0 Å². The molecule has 4 heteroatoms. The van der Waals surface area contributed by atoms with Crippen LogP contribution >= 0.6 is 0 Å². The van der Waals surface area contributed by atoms with E-state index >= 15 is 0 Å². The molecule has 1 N–H and O–H groups in total. The van der Waals surface area contributed by atoms with Crippen LogP contribution in [-0.4, -0.2) is 17.0 Å². The van der Waals surface area contributed by atoms with Gasteiger partial charge in [0.1, 0.15) is 12.4 Å². The van der Waals surface area contributed by atoms with E-state index in [4.69, 9.17) is 0 Å². The number of nitrogens with zero attached hydrogens (tertiary/aromatic N) is 1. The lowest BCUT2D eigenvalue weighted by molar-refractivity contribution is -0.121. The van der Waals surface area contributed by atoms with Gasteiger partial charge in [-0.25, -0.2) is 4.39 Å². The van der Waals surface area contributed by atoms with Gasteiger partial charge in [0.2, 0.25) is 5.91 Å². The normalized spacial score (nSPS) is 10.8. The molecule has 0 saturated carbocycles.